The second kappa shape index (κ2) is 7.24. The number of carbonyl (C=O) groups is 1. The molecule has 112 valence electrons. The van der Waals surface area contributed by atoms with Crippen molar-refractivity contribution in [1.82, 2.24) is 4.90 Å². The van der Waals surface area contributed by atoms with Crippen molar-refractivity contribution in [2.75, 3.05) is 20.7 Å². The first-order chi connectivity index (χ1) is 9.36. The molecule has 1 amide bonds. The zero-order valence-electron chi connectivity index (χ0n) is 12.5. The molecule has 0 spiro atoms. The highest BCUT2D eigenvalue weighted by molar-refractivity contribution is 5.94. The highest BCUT2D eigenvalue weighted by Crippen LogP contribution is 2.18. The maximum atomic E-state index is 13.6. The van der Waals surface area contributed by atoms with E-state index in [1.54, 1.807) is 18.0 Å². The Kier molecular flexibility index (Phi) is 5.95. The third-order valence-electron chi connectivity index (χ3n) is 3.40. The number of benzene rings is 1. The van der Waals surface area contributed by atoms with E-state index in [2.05, 4.69) is 0 Å². The van der Waals surface area contributed by atoms with Crippen molar-refractivity contribution in [2.45, 2.75) is 26.3 Å². The summed E-state index contributed by atoms with van der Waals surface area (Å²) in [5, 5.41) is 0. The van der Waals surface area contributed by atoms with Crippen LogP contribution in [0.1, 0.15) is 30.6 Å². The lowest BCUT2D eigenvalue weighted by Crippen LogP contribution is -2.34. The number of hydrogen-bond acceptors (Lipinski definition) is 3. The Bertz CT molecular complexity index is 463. The van der Waals surface area contributed by atoms with E-state index >= 15 is 0 Å². The molecule has 0 aliphatic carbocycles. The van der Waals surface area contributed by atoms with Crippen molar-refractivity contribution >= 4 is 5.91 Å². The highest BCUT2D eigenvalue weighted by Gasteiger charge is 2.16. The van der Waals surface area contributed by atoms with Crippen LogP contribution in [0.15, 0.2) is 18.2 Å². The van der Waals surface area contributed by atoms with E-state index in [4.69, 9.17) is 10.5 Å². The van der Waals surface area contributed by atoms with Gasteiger partial charge in [0.05, 0.1) is 7.11 Å². The Morgan fingerprint density at radius 3 is 2.60 bits per heavy atom. The van der Waals surface area contributed by atoms with Crippen LogP contribution in [0.3, 0.4) is 0 Å². The van der Waals surface area contributed by atoms with Crippen molar-refractivity contribution < 1.29 is 13.9 Å². The van der Waals surface area contributed by atoms with Crippen LogP contribution in [0.4, 0.5) is 4.39 Å². The van der Waals surface area contributed by atoms with Crippen molar-refractivity contribution in [3.63, 3.8) is 0 Å². The van der Waals surface area contributed by atoms with Crippen LogP contribution in [0, 0.1) is 11.7 Å². The SMILES string of the molecule is COc1ccc(C(=O)N(C)CCC(N)C(C)C)cc1F. The third-order valence-corrected chi connectivity index (χ3v) is 3.40. The Labute approximate surface area is 119 Å². The zero-order chi connectivity index (χ0) is 15.3. The first-order valence-electron chi connectivity index (χ1n) is 6.71. The van der Waals surface area contributed by atoms with E-state index in [9.17, 15) is 9.18 Å². The molecule has 1 aromatic carbocycles. The zero-order valence-corrected chi connectivity index (χ0v) is 12.5. The molecule has 0 radical (unpaired) electrons. The second-order valence-corrected chi connectivity index (χ2v) is 5.27. The van der Waals surface area contributed by atoms with Crippen molar-refractivity contribution in [2.24, 2.45) is 11.7 Å². The van der Waals surface area contributed by atoms with Gasteiger partial charge in [0.2, 0.25) is 0 Å². The van der Waals surface area contributed by atoms with E-state index < -0.39 is 5.82 Å². The summed E-state index contributed by atoms with van der Waals surface area (Å²) in [6, 6.07) is 4.26. The Morgan fingerprint density at radius 2 is 2.10 bits per heavy atom. The fourth-order valence-corrected chi connectivity index (χ4v) is 1.80. The third kappa shape index (κ3) is 4.20. The number of halogens is 1. The Balaban J connectivity index is 2.67. The number of carbonyl (C=O) groups excluding carboxylic acids is 1. The van der Waals surface area contributed by atoms with Crippen LogP contribution in [0.25, 0.3) is 0 Å². The quantitative estimate of drug-likeness (QED) is 0.871. The molecular weight excluding hydrogens is 259 g/mol. The van der Waals surface area contributed by atoms with Gasteiger partial charge >= 0.3 is 0 Å². The van der Waals surface area contributed by atoms with Crippen LogP contribution in [-0.4, -0.2) is 37.6 Å². The summed E-state index contributed by atoms with van der Waals surface area (Å²) in [7, 11) is 3.08. The average molecular weight is 282 g/mol. The number of rotatable bonds is 6. The number of methoxy groups -OCH3 is 1. The molecule has 0 saturated heterocycles. The maximum Gasteiger partial charge on any atom is 0.253 e. The Hall–Kier alpha value is -1.62. The lowest BCUT2D eigenvalue weighted by atomic mass is 10.0. The highest BCUT2D eigenvalue weighted by atomic mass is 19.1. The van der Waals surface area contributed by atoms with Crippen LogP contribution in [-0.2, 0) is 0 Å². The molecule has 4 nitrogen and oxygen atoms in total. The van der Waals surface area contributed by atoms with Gasteiger partial charge < -0.3 is 15.4 Å². The van der Waals surface area contributed by atoms with Crippen LogP contribution >= 0.6 is 0 Å². The largest absolute Gasteiger partial charge is 0.494 e. The summed E-state index contributed by atoms with van der Waals surface area (Å²) < 4.78 is 18.4. The molecule has 0 fully saturated rings. The summed E-state index contributed by atoms with van der Waals surface area (Å²) in [5.74, 6) is -0.254. The summed E-state index contributed by atoms with van der Waals surface area (Å²) in [6.45, 7) is 4.64. The van der Waals surface area contributed by atoms with Gasteiger partial charge in [-0.05, 0) is 30.5 Å². The van der Waals surface area contributed by atoms with Crippen molar-refractivity contribution in [1.29, 1.82) is 0 Å². The van der Waals surface area contributed by atoms with Crippen LogP contribution in [0.2, 0.25) is 0 Å². The lowest BCUT2D eigenvalue weighted by Gasteiger charge is -2.21. The fourth-order valence-electron chi connectivity index (χ4n) is 1.80. The van der Waals surface area contributed by atoms with Crippen molar-refractivity contribution in [3.05, 3.63) is 29.6 Å². The minimum atomic E-state index is -0.536. The van der Waals surface area contributed by atoms with Gasteiger partial charge in [-0.25, -0.2) is 4.39 Å². The topological polar surface area (TPSA) is 55.6 Å². The fraction of sp³-hybridized carbons (Fsp3) is 0.533. The molecule has 0 heterocycles. The first-order valence-corrected chi connectivity index (χ1v) is 6.71. The van der Waals surface area contributed by atoms with Gasteiger partial charge in [-0.15, -0.1) is 0 Å². The normalized spacial score (nSPS) is 12.3. The molecule has 1 unspecified atom stereocenters. The standard InChI is InChI=1S/C15H23FN2O2/c1-10(2)13(17)7-8-18(3)15(19)11-5-6-14(20-4)12(16)9-11/h5-6,9-10,13H,7-8,17H2,1-4H3. The minimum absolute atomic E-state index is 0.0536. The summed E-state index contributed by atoms with van der Waals surface area (Å²) >= 11 is 0. The molecule has 1 rings (SSSR count). The molecule has 0 aromatic heterocycles. The van der Waals surface area contributed by atoms with Gasteiger partial charge in [0.15, 0.2) is 11.6 Å². The van der Waals surface area contributed by atoms with Gasteiger partial charge in [0.1, 0.15) is 0 Å². The van der Waals surface area contributed by atoms with Crippen LogP contribution < -0.4 is 10.5 Å². The minimum Gasteiger partial charge on any atom is -0.494 e. The monoisotopic (exact) mass is 282 g/mol. The molecule has 0 aliphatic heterocycles. The summed E-state index contributed by atoms with van der Waals surface area (Å²) in [4.78, 5) is 13.7. The smallest absolute Gasteiger partial charge is 0.253 e. The van der Waals surface area contributed by atoms with Gasteiger partial charge in [0, 0.05) is 25.2 Å². The molecule has 0 aliphatic rings. The molecular formula is C15H23FN2O2. The predicted octanol–water partition coefficient (Wildman–Crippen LogP) is 2.28. The molecule has 1 atom stereocenters. The molecule has 0 bridgehead atoms. The van der Waals surface area contributed by atoms with Gasteiger partial charge in [0.25, 0.3) is 5.91 Å². The molecule has 1 aromatic rings. The summed E-state index contributed by atoms with van der Waals surface area (Å²) in [6.07, 6.45) is 0.721. The maximum absolute atomic E-state index is 13.6. The van der Waals surface area contributed by atoms with Gasteiger partial charge in [-0.3, -0.25) is 4.79 Å². The predicted molar refractivity (Wildman–Crippen MR) is 77.3 cm³/mol. The first kappa shape index (κ1) is 16.4. The van der Waals surface area contributed by atoms with Gasteiger partial charge in [-0.1, -0.05) is 13.8 Å². The van der Waals surface area contributed by atoms with Gasteiger partial charge in [-0.2, -0.15) is 0 Å². The van der Waals surface area contributed by atoms with E-state index in [1.165, 1.54) is 19.2 Å². The second-order valence-electron chi connectivity index (χ2n) is 5.27. The number of hydrogen-bond donors (Lipinski definition) is 1. The van der Waals surface area contributed by atoms with E-state index in [0.717, 1.165) is 6.42 Å². The number of nitrogens with two attached hydrogens (primary N) is 1. The number of amides is 1. The molecule has 20 heavy (non-hydrogen) atoms. The molecule has 5 heteroatoms. The number of nitrogens with zero attached hydrogens (tertiary/aromatic N) is 1. The van der Waals surface area contributed by atoms with E-state index in [1.807, 2.05) is 13.8 Å². The van der Waals surface area contributed by atoms with E-state index in [-0.39, 0.29) is 17.7 Å². The summed E-state index contributed by atoms with van der Waals surface area (Å²) in [5.41, 5.74) is 6.26. The Morgan fingerprint density at radius 1 is 1.45 bits per heavy atom. The molecule has 0 saturated carbocycles. The van der Waals surface area contributed by atoms with E-state index in [0.29, 0.717) is 18.0 Å². The number of ether oxygens (including phenoxy) is 1. The van der Waals surface area contributed by atoms with Crippen LogP contribution in [0.5, 0.6) is 5.75 Å². The molecule has 2 N–H and O–H groups in total. The van der Waals surface area contributed by atoms with Crippen molar-refractivity contribution in [3.8, 4) is 5.75 Å². The lowest BCUT2D eigenvalue weighted by molar-refractivity contribution is 0.0788. The average Bonchev–Trinajstić information content (AvgIpc) is 2.43.